The number of hydrogen-bond acceptors (Lipinski definition) is 2. The Labute approximate surface area is 69.9 Å². The molecule has 0 aromatic carbocycles. The van der Waals surface area contributed by atoms with E-state index in [2.05, 4.69) is 16.5 Å². The van der Waals surface area contributed by atoms with Crippen molar-refractivity contribution in [3.8, 4) is 0 Å². The second kappa shape index (κ2) is 2.37. The van der Waals surface area contributed by atoms with Gasteiger partial charge in [-0.2, -0.15) is 0 Å². The monoisotopic (exact) mass is 159 g/mol. The lowest BCUT2D eigenvalue weighted by molar-refractivity contribution is 1.33. The molecule has 2 heterocycles. The van der Waals surface area contributed by atoms with Crippen LogP contribution in [0.3, 0.4) is 0 Å². The number of nitrogen functional groups attached to an aromatic ring is 1. The molecule has 0 unspecified atom stereocenters. The molecule has 3 heteroatoms. The van der Waals surface area contributed by atoms with E-state index < -0.39 is 0 Å². The summed E-state index contributed by atoms with van der Waals surface area (Å²) < 4.78 is 0. The fraction of sp³-hybridized carbons (Fsp3) is 0. The lowest BCUT2D eigenvalue weighted by Gasteiger charge is -1.95. The van der Waals surface area contributed by atoms with Gasteiger partial charge in [-0.25, -0.2) is 4.98 Å². The van der Waals surface area contributed by atoms with Crippen molar-refractivity contribution in [2.45, 2.75) is 0 Å². The topological polar surface area (TPSA) is 54.7 Å². The van der Waals surface area contributed by atoms with Gasteiger partial charge in [0.2, 0.25) is 0 Å². The van der Waals surface area contributed by atoms with E-state index in [9.17, 15) is 0 Å². The highest BCUT2D eigenvalue weighted by Crippen LogP contribution is 2.22. The lowest BCUT2D eigenvalue weighted by Crippen LogP contribution is -1.87. The van der Waals surface area contributed by atoms with Crippen LogP contribution < -0.4 is 5.73 Å². The van der Waals surface area contributed by atoms with Crippen LogP contribution >= 0.6 is 0 Å². The standard InChI is InChI=1S/C9H9N3/c1-2-6-5-12-9-8(6)7(10)3-4-11-9/h2-5H,1H2,(H3,10,11,12). The quantitative estimate of drug-likeness (QED) is 0.666. The Balaban J connectivity index is 2.91. The third-order valence-electron chi connectivity index (χ3n) is 1.86. The number of hydrogen-bond donors (Lipinski definition) is 2. The van der Waals surface area contributed by atoms with Gasteiger partial charge >= 0.3 is 0 Å². The summed E-state index contributed by atoms with van der Waals surface area (Å²) in [5, 5.41) is 0.951. The molecule has 2 aromatic rings. The first-order chi connectivity index (χ1) is 5.83. The van der Waals surface area contributed by atoms with Crippen molar-refractivity contribution in [3.63, 3.8) is 0 Å². The summed E-state index contributed by atoms with van der Waals surface area (Å²) in [5.41, 5.74) is 8.31. The minimum atomic E-state index is 0.733. The van der Waals surface area contributed by atoms with Crippen molar-refractivity contribution in [2.75, 3.05) is 5.73 Å². The number of aromatic amines is 1. The maximum Gasteiger partial charge on any atom is 0.139 e. The van der Waals surface area contributed by atoms with Crippen LogP contribution in [0.4, 0.5) is 5.69 Å². The van der Waals surface area contributed by atoms with Crippen LogP contribution in [0.25, 0.3) is 17.1 Å². The highest BCUT2D eigenvalue weighted by atomic mass is 14.8. The molecule has 60 valence electrons. The number of nitrogens with one attached hydrogen (secondary N) is 1. The van der Waals surface area contributed by atoms with E-state index in [1.807, 2.05) is 6.20 Å². The van der Waals surface area contributed by atoms with Crippen LogP contribution in [-0.2, 0) is 0 Å². The van der Waals surface area contributed by atoms with E-state index in [0.29, 0.717) is 0 Å². The van der Waals surface area contributed by atoms with Gasteiger partial charge in [0, 0.05) is 29.0 Å². The number of fused-ring (bicyclic) bond motifs is 1. The Morgan fingerprint density at radius 1 is 1.58 bits per heavy atom. The summed E-state index contributed by atoms with van der Waals surface area (Å²) in [6, 6.07) is 1.78. The van der Waals surface area contributed by atoms with Crippen molar-refractivity contribution >= 4 is 22.8 Å². The summed E-state index contributed by atoms with van der Waals surface area (Å²) >= 11 is 0. The minimum absolute atomic E-state index is 0.733. The van der Waals surface area contributed by atoms with Gasteiger partial charge in [0.1, 0.15) is 5.65 Å². The number of nitrogens with two attached hydrogens (primary N) is 1. The zero-order valence-electron chi connectivity index (χ0n) is 6.54. The minimum Gasteiger partial charge on any atom is -0.398 e. The van der Waals surface area contributed by atoms with Gasteiger partial charge in [-0.3, -0.25) is 0 Å². The molecule has 0 aliphatic rings. The Hall–Kier alpha value is -1.77. The van der Waals surface area contributed by atoms with E-state index in [4.69, 9.17) is 5.73 Å². The molecule has 0 bridgehead atoms. The Kier molecular flexibility index (Phi) is 1.37. The average molecular weight is 159 g/mol. The Bertz CT molecular complexity index is 428. The molecular formula is C9H9N3. The van der Waals surface area contributed by atoms with E-state index in [-0.39, 0.29) is 0 Å². The SMILES string of the molecule is C=Cc1c[nH]c2nccc(N)c12. The maximum atomic E-state index is 5.77. The van der Waals surface area contributed by atoms with Crippen molar-refractivity contribution in [1.29, 1.82) is 0 Å². The zero-order valence-corrected chi connectivity index (χ0v) is 6.54. The van der Waals surface area contributed by atoms with Gasteiger partial charge in [-0.1, -0.05) is 12.7 Å². The van der Waals surface area contributed by atoms with E-state index in [1.54, 1.807) is 18.3 Å². The van der Waals surface area contributed by atoms with Gasteiger partial charge in [0.05, 0.1) is 0 Å². The first kappa shape index (κ1) is 6.91. The molecule has 2 rings (SSSR count). The first-order valence-corrected chi connectivity index (χ1v) is 3.67. The van der Waals surface area contributed by atoms with Crippen molar-refractivity contribution in [3.05, 3.63) is 30.6 Å². The molecule has 3 N–H and O–H groups in total. The third-order valence-corrected chi connectivity index (χ3v) is 1.86. The number of aromatic nitrogens is 2. The molecule has 0 atom stereocenters. The molecule has 0 aliphatic heterocycles. The zero-order chi connectivity index (χ0) is 8.55. The van der Waals surface area contributed by atoms with E-state index in [1.165, 1.54) is 0 Å². The van der Waals surface area contributed by atoms with E-state index >= 15 is 0 Å². The summed E-state index contributed by atoms with van der Waals surface area (Å²) in [4.78, 5) is 7.14. The summed E-state index contributed by atoms with van der Waals surface area (Å²) in [5.74, 6) is 0. The molecule has 2 aromatic heterocycles. The highest BCUT2D eigenvalue weighted by Gasteiger charge is 2.03. The Morgan fingerprint density at radius 2 is 2.42 bits per heavy atom. The van der Waals surface area contributed by atoms with E-state index in [0.717, 1.165) is 22.3 Å². The normalized spacial score (nSPS) is 10.3. The molecule has 0 spiro atoms. The molecule has 3 nitrogen and oxygen atoms in total. The number of rotatable bonds is 1. The fourth-order valence-electron chi connectivity index (χ4n) is 1.27. The molecular weight excluding hydrogens is 150 g/mol. The highest BCUT2D eigenvalue weighted by molar-refractivity contribution is 5.95. The predicted octanol–water partition coefficient (Wildman–Crippen LogP) is 1.79. The van der Waals surface area contributed by atoms with Crippen LogP contribution in [0.5, 0.6) is 0 Å². The molecule has 0 aliphatic carbocycles. The number of H-pyrrole nitrogens is 1. The van der Waals surface area contributed by atoms with Gasteiger partial charge in [-0.15, -0.1) is 0 Å². The molecule has 12 heavy (non-hydrogen) atoms. The predicted molar refractivity (Wildman–Crippen MR) is 50.6 cm³/mol. The number of anilines is 1. The molecule has 0 amide bonds. The summed E-state index contributed by atoms with van der Waals surface area (Å²) in [6.45, 7) is 3.69. The Morgan fingerprint density at radius 3 is 3.17 bits per heavy atom. The second-order valence-electron chi connectivity index (χ2n) is 2.57. The molecule has 0 fully saturated rings. The van der Waals surface area contributed by atoms with Crippen LogP contribution in [0.2, 0.25) is 0 Å². The lowest BCUT2D eigenvalue weighted by atomic mass is 10.2. The van der Waals surface area contributed by atoms with Gasteiger partial charge in [0.15, 0.2) is 0 Å². The molecule has 0 saturated carbocycles. The number of pyridine rings is 1. The van der Waals surface area contributed by atoms with Crippen molar-refractivity contribution < 1.29 is 0 Å². The van der Waals surface area contributed by atoms with Crippen LogP contribution in [0.1, 0.15) is 5.56 Å². The average Bonchev–Trinajstić information content (AvgIpc) is 2.49. The van der Waals surface area contributed by atoms with Crippen LogP contribution in [0.15, 0.2) is 25.0 Å². The summed E-state index contributed by atoms with van der Waals surface area (Å²) in [7, 11) is 0. The fourth-order valence-corrected chi connectivity index (χ4v) is 1.27. The number of nitrogens with zero attached hydrogens (tertiary/aromatic N) is 1. The smallest absolute Gasteiger partial charge is 0.139 e. The summed E-state index contributed by atoms with van der Waals surface area (Å²) in [6.07, 6.45) is 5.29. The van der Waals surface area contributed by atoms with Crippen LogP contribution in [-0.4, -0.2) is 9.97 Å². The van der Waals surface area contributed by atoms with Crippen LogP contribution in [0, 0.1) is 0 Å². The first-order valence-electron chi connectivity index (χ1n) is 3.67. The van der Waals surface area contributed by atoms with Gasteiger partial charge in [0.25, 0.3) is 0 Å². The molecule has 0 radical (unpaired) electrons. The van der Waals surface area contributed by atoms with Gasteiger partial charge in [-0.05, 0) is 6.07 Å². The van der Waals surface area contributed by atoms with Crippen molar-refractivity contribution in [2.24, 2.45) is 0 Å². The maximum absolute atomic E-state index is 5.77. The van der Waals surface area contributed by atoms with Gasteiger partial charge < -0.3 is 10.7 Å². The molecule has 0 saturated heterocycles. The largest absolute Gasteiger partial charge is 0.398 e. The van der Waals surface area contributed by atoms with Crippen molar-refractivity contribution in [1.82, 2.24) is 9.97 Å². The second-order valence-corrected chi connectivity index (χ2v) is 2.57. The third kappa shape index (κ3) is 0.797.